The van der Waals surface area contributed by atoms with Crippen molar-refractivity contribution >= 4 is 0 Å². The lowest BCUT2D eigenvalue weighted by Crippen LogP contribution is -2.51. The summed E-state index contributed by atoms with van der Waals surface area (Å²) in [5.41, 5.74) is 5.97. The summed E-state index contributed by atoms with van der Waals surface area (Å²) in [4.78, 5) is 4.88. The van der Waals surface area contributed by atoms with Gasteiger partial charge in [-0.05, 0) is 54.3 Å². The second-order valence-electron chi connectivity index (χ2n) is 5.91. The summed E-state index contributed by atoms with van der Waals surface area (Å²) in [6.45, 7) is 8.70. The van der Waals surface area contributed by atoms with E-state index in [0.717, 1.165) is 6.54 Å². The molecular weight excluding hydrogens is 186 g/mol. The topological polar surface area (TPSA) is 32.5 Å². The predicted octanol–water partition coefficient (Wildman–Crippen LogP) is 1.14. The number of rotatable bonds is 3. The highest BCUT2D eigenvalue weighted by atomic mass is 15.2. The van der Waals surface area contributed by atoms with Crippen molar-refractivity contribution in [1.82, 2.24) is 9.80 Å². The lowest BCUT2D eigenvalue weighted by atomic mass is 9.96. The molecular formula is C12H27N3. The molecule has 0 amide bonds. The first-order chi connectivity index (χ1) is 6.79. The van der Waals surface area contributed by atoms with Gasteiger partial charge in [0.2, 0.25) is 0 Å². The maximum atomic E-state index is 6.05. The first kappa shape index (κ1) is 12.9. The second kappa shape index (κ2) is 4.81. The maximum absolute atomic E-state index is 6.05. The van der Waals surface area contributed by atoms with E-state index in [4.69, 9.17) is 5.73 Å². The zero-order valence-electron chi connectivity index (χ0n) is 11.0. The van der Waals surface area contributed by atoms with Crippen LogP contribution in [-0.2, 0) is 0 Å². The monoisotopic (exact) mass is 213 g/mol. The van der Waals surface area contributed by atoms with E-state index in [0.29, 0.717) is 12.1 Å². The molecule has 1 saturated heterocycles. The first-order valence-corrected chi connectivity index (χ1v) is 5.99. The highest BCUT2D eigenvalue weighted by Crippen LogP contribution is 2.20. The van der Waals surface area contributed by atoms with Crippen LogP contribution in [-0.4, -0.2) is 54.6 Å². The van der Waals surface area contributed by atoms with Crippen molar-refractivity contribution in [2.45, 2.75) is 51.2 Å². The molecule has 1 aliphatic rings. The quantitative estimate of drug-likeness (QED) is 0.763. The number of nitrogens with two attached hydrogens (primary N) is 1. The van der Waals surface area contributed by atoms with Gasteiger partial charge in [-0.3, -0.25) is 0 Å². The van der Waals surface area contributed by atoms with Gasteiger partial charge in [-0.2, -0.15) is 0 Å². The average Bonchev–Trinajstić information content (AvgIpc) is 2.06. The molecule has 1 heterocycles. The van der Waals surface area contributed by atoms with E-state index in [9.17, 15) is 0 Å². The van der Waals surface area contributed by atoms with Crippen molar-refractivity contribution < 1.29 is 0 Å². The van der Waals surface area contributed by atoms with Gasteiger partial charge in [0.1, 0.15) is 0 Å². The van der Waals surface area contributed by atoms with Crippen LogP contribution in [0.15, 0.2) is 0 Å². The van der Waals surface area contributed by atoms with Crippen LogP contribution >= 0.6 is 0 Å². The van der Waals surface area contributed by atoms with E-state index in [1.54, 1.807) is 0 Å². The summed E-state index contributed by atoms with van der Waals surface area (Å²) in [6.07, 6.45) is 2.54. The smallest absolute Gasteiger partial charge is 0.0226 e. The van der Waals surface area contributed by atoms with Gasteiger partial charge >= 0.3 is 0 Å². The molecule has 0 aromatic heterocycles. The molecule has 0 aliphatic carbocycles. The van der Waals surface area contributed by atoms with Crippen molar-refractivity contribution in [1.29, 1.82) is 0 Å². The minimum Gasteiger partial charge on any atom is -0.324 e. The number of hydrogen-bond acceptors (Lipinski definition) is 3. The van der Waals surface area contributed by atoms with Crippen LogP contribution in [0.4, 0.5) is 0 Å². The summed E-state index contributed by atoms with van der Waals surface area (Å²) in [7, 11) is 4.42. The predicted molar refractivity (Wildman–Crippen MR) is 66.0 cm³/mol. The fraction of sp³-hybridized carbons (Fsp3) is 1.00. The average molecular weight is 213 g/mol. The van der Waals surface area contributed by atoms with E-state index in [-0.39, 0.29) is 5.54 Å². The van der Waals surface area contributed by atoms with Gasteiger partial charge in [-0.15, -0.1) is 0 Å². The number of hydrogen-bond donors (Lipinski definition) is 1. The Bertz CT molecular complexity index is 198. The zero-order chi connectivity index (χ0) is 11.6. The Balaban J connectivity index is 2.44. The molecule has 0 bridgehead atoms. The molecule has 0 saturated carbocycles. The molecule has 0 radical (unpaired) electrons. The molecule has 1 fully saturated rings. The Hall–Kier alpha value is -0.120. The molecule has 15 heavy (non-hydrogen) atoms. The Morgan fingerprint density at radius 3 is 2.53 bits per heavy atom. The van der Waals surface area contributed by atoms with Crippen molar-refractivity contribution in [3.8, 4) is 0 Å². The lowest BCUT2D eigenvalue weighted by Gasteiger charge is -2.41. The third-order valence-electron chi connectivity index (χ3n) is 3.46. The minimum absolute atomic E-state index is 0.0820. The van der Waals surface area contributed by atoms with E-state index >= 15 is 0 Å². The Morgan fingerprint density at radius 2 is 2.07 bits per heavy atom. The third-order valence-corrected chi connectivity index (χ3v) is 3.46. The number of piperidine rings is 1. The summed E-state index contributed by atoms with van der Waals surface area (Å²) in [6, 6.07) is 1.41. The number of nitrogens with zero attached hydrogens (tertiary/aromatic N) is 2. The van der Waals surface area contributed by atoms with Crippen LogP contribution in [0.2, 0.25) is 0 Å². The lowest BCUT2D eigenvalue weighted by molar-refractivity contribution is 0.0937. The Morgan fingerprint density at radius 1 is 1.47 bits per heavy atom. The summed E-state index contributed by atoms with van der Waals surface area (Å²) in [5.74, 6) is 0. The summed E-state index contributed by atoms with van der Waals surface area (Å²) >= 11 is 0. The second-order valence-corrected chi connectivity index (χ2v) is 5.91. The Labute approximate surface area is 94.6 Å². The van der Waals surface area contributed by atoms with E-state index in [1.807, 2.05) is 0 Å². The van der Waals surface area contributed by atoms with Crippen molar-refractivity contribution in [3.63, 3.8) is 0 Å². The fourth-order valence-electron chi connectivity index (χ4n) is 2.44. The summed E-state index contributed by atoms with van der Waals surface area (Å²) < 4.78 is 0. The normalized spacial score (nSPS) is 29.8. The molecule has 3 nitrogen and oxygen atoms in total. The number of likely N-dealkylation sites (tertiary alicyclic amines) is 1. The highest BCUT2D eigenvalue weighted by molar-refractivity contribution is 4.85. The van der Waals surface area contributed by atoms with Gasteiger partial charge in [-0.1, -0.05) is 0 Å². The zero-order valence-corrected chi connectivity index (χ0v) is 11.0. The van der Waals surface area contributed by atoms with Gasteiger partial charge in [0.05, 0.1) is 0 Å². The van der Waals surface area contributed by atoms with Crippen molar-refractivity contribution in [3.05, 3.63) is 0 Å². The maximum Gasteiger partial charge on any atom is 0.0226 e. The SMILES string of the molecule is CC1CC(N(C)CC(C)(C)N)CCN1C. The third kappa shape index (κ3) is 4.09. The molecule has 0 aromatic carbocycles. The van der Waals surface area contributed by atoms with Gasteiger partial charge < -0.3 is 15.5 Å². The largest absolute Gasteiger partial charge is 0.324 e. The molecule has 1 aliphatic heterocycles. The van der Waals surface area contributed by atoms with Crippen LogP contribution in [0.5, 0.6) is 0 Å². The van der Waals surface area contributed by atoms with Crippen LogP contribution in [0.25, 0.3) is 0 Å². The molecule has 2 N–H and O–H groups in total. The van der Waals surface area contributed by atoms with Crippen molar-refractivity contribution in [2.24, 2.45) is 5.73 Å². The van der Waals surface area contributed by atoms with Crippen LogP contribution in [0, 0.1) is 0 Å². The van der Waals surface area contributed by atoms with Gasteiger partial charge in [-0.25, -0.2) is 0 Å². The molecule has 2 atom stereocenters. The van der Waals surface area contributed by atoms with Crippen LogP contribution < -0.4 is 5.73 Å². The Kier molecular flexibility index (Phi) is 4.15. The minimum atomic E-state index is -0.0820. The van der Waals surface area contributed by atoms with E-state index < -0.39 is 0 Å². The molecule has 0 spiro atoms. The van der Waals surface area contributed by atoms with E-state index in [1.165, 1.54) is 19.4 Å². The van der Waals surface area contributed by atoms with Crippen LogP contribution in [0.1, 0.15) is 33.6 Å². The van der Waals surface area contributed by atoms with Crippen molar-refractivity contribution in [2.75, 3.05) is 27.2 Å². The molecule has 2 unspecified atom stereocenters. The summed E-state index contributed by atoms with van der Waals surface area (Å²) in [5, 5.41) is 0. The standard InChI is InChI=1S/C12H27N3/c1-10-8-11(6-7-14(10)4)15(5)9-12(2,3)13/h10-11H,6-9,13H2,1-5H3. The van der Waals surface area contributed by atoms with E-state index in [2.05, 4.69) is 44.7 Å². The van der Waals surface area contributed by atoms with Gasteiger partial charge in [0.25, 0.3) is 0 Å². The highest BCUT2D eigenvalue weighted by Gasteiger charge is 2.27. The number of likely N-dealkylation sites (N-methyl/N-ethyl adjacent to an activating group) is 1. The van der Waals surface area contributed by atoms with Gasteiger partial charge in [0, 0.05) is 24.2 Å². The fourth-order valence-corrected chi connectivity index (χ4v) is 2.44. The first-order valence-electron chi connectivity index (χ1n) is 5.99. The van der Waals surface area contributed by atoms with Gasteiger partial charge in [0.15, 0.2) is 0 Å². The molecule has 0 aromatic rings. The molecule has 3 heteroatoms. The molecule has 90 valence electrons. The molecule has 1 rings (SSSR count). The van der Waals surface area contributed by atoms with Crippen LogP contribution in [0.3, 0.4) is 0 Å².